The van der Waals surface area contributed by atoms with Gasteiger partial charge in [-0.05, 0) is 24.6 Å². The number of nitrogens with one attached hydrogen (secondary N) is 2. The van der Waals surface area contributed by atoms with Gasteiger partial charge in [-0.2, -0.15) is 0 Å². The third kappa shape index (κ3) is 3.46. The van der Waals surface area contributed by atoms with Gasteiger partial charge in [0, 0.05) is 31.4 Å². The summed E-state index contributed by atoms with van der Waals surface area (Å²) in [6.07, 6.45) is 0. The highest BCUT2D eigenvalue weighted by atomic mass is 35.5. The van der Waals surface area contributed by atoms with Crippen LogP contribution in [0.2, 0.25) is 0 Å². The topological polar surface area (TPSA) is 48.1 Å². The molecule has 0 bridgehead atoms. The molecular formula is C16H20ClN3O. The van der Waals surface area contributed by atoms with Crippen molar-refractivity contribution in [1.29, 1.82) is 0 Å². The molecule has 2 aromatic rings. The predicted octanol–water partition coefficient (Wildman–Crippen LogP) is 2.54. The standard InChI is InChI=1S/C16H19N3O.ClH/c1-12-11-19(10-9-17-12)16(20)15-8-7-14(18-15)13-5-3-2-4-6-13;/h2-8,12,17-18H,9-11H2,1H3;1H. The van der Waals surface area contributed by atoms with Gasteiger partial charge >= 0.3 is 0 Å². The fraction of sp³-hybridized carbons (Fsp3) is 0.312. The van der Waals surface area contributed by atoms with Crippen molar-refractivity contribution >= 4 is 18.3 Å². The summed E-state index contributed by atoms with van der Waals surface area (Å²) in [7, 11) is 0. The lowest BCUT2D eigenvalue weighted by molar-refractivity contribution is 0.0704. The molecule has 0 radical (unpaired) electrons. The first kappa shape index (κ1) is 15.6. The Hall–Kier alpha value is -1.78. The van der Waals surface area contributed by atoms with Crippen LogP contribution in [-0.2, 0) is 0 Å². The van der Waals surface area contributed by atoms with Crippen molar-refractivity contribution in [3.63, 3.8) is 0 Å². The number of benzene rings is 1. The van der Waals surface area contributed by atoms with Crippen LogP contribution in [0, 0.1) is 0 Å². The number of rotatable bonds is 2. The van der Waals surface area contributed by atoms with Crippen LogP contribution >= 0.6 is 12.4 Å². The van der Waals surface area contributed by atoms with E-state index >= 15 is 0 Å². The smallest absolute Gasteiger partial charge is 0.270 e. The van der Waals surface area contributed by atoms with Crippen LogP contribution in [0.4, 0.5) is 0 Å². The Balaban J connectivity index is 0.00000161. The summed E-state index contributed by atoms with van der Waals surface area (Å²) in [6, 6.07) is 14.2. The molecule has 0 saturated carbocycles. The second kappa shape index (κ2) is 6.78. The molecular weight excluding hydrogens is 286 g/mol. The van der Waals surface area contributed by atoms with Gasteiger partial charge in [0.1, 0.15) is 5.69 Å². The van der Waals surface area contributed by atoms with Crippen LogP contribution in [0.1, 0.15) is 17.4 Å². The molecule has 1 aliphatic rings. The summed E-state index contributed by atoms with van der Waals surface area (Å²) in [5.74, 6) is 0.0838. The van der Waals surface area contributed by atoms with E-state index in [9.17, 15) is 4.79 Å². The highest BCUT2D eigenvalue weighted by molar-refractivity contribution is 5.93. The third-order valence-corrected chi connectivity index (χ3v) is 3.66. The van der Waals surface area contributed by atoms with Crippen LogP contribution in [-0.4, -0.2) is 41.5 Å². The number of hydrogen-bond donors (Lipinski definition) is 2. The number of nitrogens with zero attached hydrogens (tertiary/aromatic N) is 1. The SMILES string of the molecule is CC1CN(C(=O)c2ccc(-c3ccccc3)[nH]2)CCN1.Cl. The molecule has 112 valence electrons. The van der Waals surface area contributed by atoms with Crippen molar-refractivity contribution in [1.82, 2.24) is 15.2 Å². The summed E-state index contributed by atoms with van der Waals surface area (Å²) in [6.45, 7) is 4.49. The summed E-state index contributed by atoms with van der Waals surface area (Å²) >= 11 is 0. The summed E-state index contributed by atoms with van der Waals surface area (Å²) < 4.78 is 0. The molecule has 1 aromatic heterocycles. The highest BCUT2D eigenvalue weighted by Gasteiger charge is 2.22. The van der Waals surface area contributed by atoms with Gasteiger partial charge in [-0.3, -0.25) is 4.79 Å². The van der Waals surface area contributed by atoms with Gasteiger partial charge in [-0.25, -0.2) is 0 Å². The average Bonchev–Trinajstić information content (AvgIpc) is 2.97. The number of hydrogen-bond acceptors (Lipinski definition) is 2. The van der Waals surface area contributed by atoms with Gasteiger partial charge in [0.25, 0.3) is 5.91 Å². The summed E-state index contributed by atoms with van der Waals surface area (Å²) in [4.78, 5) is 17.6. The molecule has 2 N–H and O–H groups in total. The van der Waals surface area contributed by atoms with Crippen molar-refractivity contribution in [3.8, 4) is 11.3 Å². The van der Waals surface area contributed by atoms with Gasteiger partial charge < -0.3 is 15.2 Å². The molecule has 0 spiro atoms. The fourth-order valence-corrected chi connectivity index (χ4v) is 2.59. The molecule has 3 rings (SSSR count). The van der Waals surface area contributed by atoms with E-state index in [1.165, 1.54) is 0 Å². The van der Waals surface area contributed by atoms with E-state index in [1.54, 1.807) is 0 Å². The number of carbonyl (C=O) groups is 1. The maximum atomic E-state index is 12.5. The Morgan fingerprint density at radius 2 is 1.95 bits per heavy atom. The number of aromatic nitrogens is 1. The Labute approximate surface area is 131 Å². The molecule has 5 heteroatoms. The molecule has 2 heterocycles. The first-order valence-electron chi connectivity index (χ1n) is 7.01. The second-order valence-corrected chi connectivity index (χ2v) is 5.26. The van der Waals surface area contributed by atoms with Crippen LogP contribution < -0.4 is 5.32 Å². The monoisotopic (exact) mass is 305 g/mol. The Morgan fingerprint density at radius 3 is 2.67 bits per heavy atom. The van der Waals surface area contributed by atoms with Gasteiger partial charge in [0.2, 0.25) is 0 Å². The normalized spacial score (nSPS) is 18.1. The number of H-pyrrole nitrogens is 1. The Bertz CT molecular complexity index is 597. The minimum atomic E-state index is 0. The molecule has 0 aliphatic carbocycles. The lowest BCUT2D eigenvalue weighted by atomic mass is 10.2. The first-order valence-corrected chi connectivity index (χ1v) is 7.01. The first-order chi connectivity index (χ1) is 9.74. The minimum absolute atomic E-state index is 0. The van der Waals surface area contributed by atoms with Gasteiger partial charge in [-0.1, -0.05) is 30.3 Å². The molecule has 1 atom stereocenters. The van der Waals surface area contributed by atoms with Gasteiger partial charge in [-0.15, -0.1) is 12.4 Å². The molecule has 4 nitrogen and oxygen atoms in total. The zero-order valence-corrected chi connectivity index (χ0v) is 12.8. The van der Waals surface area contributed by atoms with E-state index in [2.05, 4.69) is 17.2 Å². The van der Waals surface area contributed by atoms with Crippen LogP contribution in [0.3, 0.4) is 0 Å². The maximum Gasteiger partial charge on any atom is 0.270 e. The van der Waals surface area contributed by atoms with Crippen molar-refractivity contribution in [2.75, 3.05) is 19.6 Å². The summed E-state index contributed by atoms with van der Waals surface area (Å²) in [5.41, 5.74) is 2.75. The lowest BCUT2D eigenvalue weighted by Gasteiger charge is -2.31. The third-order valence-electron chi connectivity index (χ3n) is 3.66. The van der Waals surface area contributed by atoms with Crippen molar-refractivity contribution < 1.29 is 4.79 Å². The van der Waals surface area contributed by atoms with E-state index in [1.807, 2.05) is 47.4 Å². The quantitative estimate of drug-likeness (QED) is 0.896. The van der Waals surface area contributed by atoms with Crippen LogP contribution in [0.5, 0.6) is 0 Å². The van der Waals surface area contributed by atoms with Crippen molar-refractivity contribution in [2.24, 2.45) is 0 Å². The van der Waals surface area contributed by atoms with E-state index in [4.69, 9.17) is 0 Å². The Kier molecular flexibility index (Phi) is 5.04. The minimum Gasteiger partial charge on any atom is -0.351 e. The van der Waals surface area contributed by atoms with E-state index in [0.29, 0.717) is 11.7 Å². The molecule has 1 fully saturated rings. The number of amides is 1. The Morgan fingerprint density at radius 1 is 1.19 bits per heavy atom. The number of piperazine rings is 1. The van der Waals surface area contributed by atoms with Crippen LogP contribution in [0.15, 0.2) is 42.5 Å². The van der Waals surface area contributed by atoms with Gasteiger partial charge in [0.15, 0.2) is 0 Å². The molecule has 1 aliphatic heterocycles. The molecule has 1 amide bonds. The number of carbonyl (C=O) groups excluding carboxylic acids is 1. The second-order valence-electron chi connectivity index (χ2n) is 5.26. The fourth-order valence-electron chi connectivity index (χ4n) is 2.59. The zero-order valence-electron chi connectivity index (χ0n) is 12.0. The van der Waals surface area contributed by atoms with Crippen LogP contribution in [0.25, 0.3) is 11.3 Å². The lowest BCUT2D eigenvalue weighted by Crippen LogP contribution is -2.51. The molecule has 21 heavy (non-hydrogen) atoms. The molecule has 1 unspecified atom stereocenters. The van der Waals surface area contributed by atoms with E-state index in [-0.39, 0.29) is 18.3 Å². The molecule has 1 aromatic carbocycles. The molecule has 1 saturated heterocycles. The van der Waals surface area contributed by atoms with E-state index < -0.39 is 0 Å². The number of halogens is 1. The zero-order chi connectivity index (χ0) is 13.9. The summed E-state index contributed by atoms with van der Waals surface area (Å²) in [5, 5.41) is 3.35. The largest absolute Gasteiger partial charge is 0.351 e. The van der Waals surface area contributed by atoms with E-state index in [0.717, 1.165) is 30.9 Å². The van der Waals surface area contributed by atoms with Crippen molar-refractivity contribution in [3.05, 3.63) is 48.2 Å². The average molecular weight is 306 g/mol. The predicted molar refractivity (Wildman–Crippen MR) is 86.8 cm³/mol. The van der Waals surface area contributed by atoms with Crippen molar-refractivity contribution in [2.45, 2.75) is 13.0 Å². The highest BCUT2D eigenvalue weighted by Crippen LogP contribution is 2.19. The van der Waals surface area contributed by atoms with Gasteiger partial charge in [0.05, 0.1) is 0 Å². The number of aromatic amines is 1. The maximum absolute atomic E-state index is 12.5.